The molecule has 2 aromatic carbocycles. The zero-order valence-corrected chi connectivity index (χ0v) is 21.2. The third-order valence-corrected chi connectivity index (χ3v) is 7.01. The Balaban J connectivity index is 1.37. The molecule has 2 fully saturated rings. The molecule has 40 heavy (non-hydrogen) atoms. The van der Waals surface area contributed by atoms with Crippen LogP contribution in [0.4, 0.5) is 0 Å². The Hall–Kier alpha value is -3.11. The first-order valence-electron chi connectivity index (χ1n) is 12.6. The smallest absolute Gasteiger partial charge is 0.229 e. The van der Waals surface area contributed by atoms with Gasteiger partial charge in [0.25, 0.3) is 0 Å². The summed E-state index contributed by atoms with van der Waals surface area (Å²) in [5.41, 5.74) is 0.125. The summed E-state index contributed by atoms with van der Waals surface area (Å²) in [7, 11) is 0. The molecule has 5 rings (SSSR count). The van der Waals surface area contributed by atoms with Crippen LogP contribution in [0.1, 0.15) is 6.92 Å². The molecule has 13 heteroatoms. The van der Waals surface area contributed by atoms with Gasteiger partial charge in [-0.1, -0.05) is 30.3 Å². The number of hydrogen-bond acceptors (Lipinski definition) is 13. The zero-order chi connectivity index (χ0) is 28.7. The Morgan fingerprint density at radius 3 is 2.25 bits per heavy atom. The molecule has 2 unspecified atom stereocenters. The zero-order valence-electron chi connectivity index (χ0n) is 21.2. The maximum absolute atomic E-state index is 12.7. The van der Waals surface area contributed by atoms with Gasteiger partial charge in [-0.15, -0.1) is 0 Å². The van der Waals surface area contributed by atoms with E-state index < -0.39 is 79.2 Å². The maximum atomic E-state index is 12.7. The van der Waals surface area contributed by atoms with Gasteiger partial charge in [0, 0.05) is 23.8 Å². The van der Waals surface area contributed by atoms with Crippen molar-refractivity contribution in [1.82, 2.24) is 0 Å². The molecule has 0 saturated carbocycles. The molecule has 2 aliphatic rings. The molecule has 3 heterocycles. The Morgan fingerprint density at radius 2 is 1.55 bits per heavy atom. The van der Waals surface area contributed by atoms with Crippen LogP contribution in [0.15, 0.2) is 57.7 Å². The first-order chi connectivity index (χ1) is 19.1. The average Bonchev–Trinajstić information content (AvgIpc) is 2.94. The number of aromatic hydroxyl groups is 1. The van der Waals surface area contributed by atoms with Gasteiger partial charge in [0.05, 0.1) is 12.7 Å². The first kappa shape index (κ1) is 28.4. The molecule has 0 amide bonds. The number of ether oxygens (including phenoxy) is 4. The number of aliphatic hydroxyl groups is 6. The highest BCUT2D eigenvalue weighted by Gasteiger charge is 2.50. The number of fused-ring (bicyclic) bond motifs is 1. The fraction of sp³-hybridized carbons (Fsp3) is 0.444. The average molecular weight is 563 g/mol. The van der Waals surface area contributed by atoms with Gasteiger partial charge in [0.2, 0.25) is 6.29 Å². The summed E-state index contributed by atoms with van der Waals surface area (Å²) in [6.07, 6.45) is -14.9. The molecule has 0 bridgehead atoms. The molecule has 0 spiro atoms. The summed E-state index contributed by atoms with van der Waals surface area (Å²) in [4.78, 5) is 12.7. The number of aliphatic hydroxyl groups excluding tert-OH is 6. The van der Waals surface area contributed by atoms with E-state index in [2.05, 4.69) is 0 Å². The Bertz CT molecular complexity index is 1380. The van der Waals surface area contributed by atoms with Crippen molar-refractivity contribution in [3.63, 3.8) is 0 Å². The lowest BCUT2D eigenvalue weighted by molar-refractivity contribution is -0.349. The summed E-state index contributed by atoms with van der Waals surface area (Å²) >= 11 is 0. The van der Waals surface area contributed by atoms with E-state index in [4.69, 9.17) is 23.4 Å². The summed E-state index contributed by atoms with van der Waals surface area (Å²) in [6.45, 7) is 0.728. The van der Waals surface area contributed by atoms with Crippen molar-refractivity contribution in [2.45, 2.75) is 68.3 Å². The molecule has 2 saturated heterocycles. The monoisotopic (exact) mass is 562 g/mol. The second kappa shape index (κ2) is 11.4. The van der Waals surface area contributed by atoms with Crippen LogP contribution in [-0.2, 0) is 14.2 Å². The lowest BCUT2D eigenvalue weighted by Crippen LogP contribution is -2.64. The van der Waals surface area contributed by atoms with Crippen molar-refractivity contribution in [3.8, 4) is 22.8 Å². The quantitative estimate of drug-likeness (QED) is 0.196. The number of phenolic OH excluding ortho intramolecular Hbond substituents is 1. The summed E-state index contributed by atoms with van der Waals surface area (Å²) < 4.78 is 28.1. The van der Waals surface area contributed by atoms with Crippen LogP contribution in [0.5, 0.6) is 11.5 Å². The van der Waals surface area contributed by atoms with Gasteiger partial charge in [-0.2, -0.15) is 0 Å². The van der Waals surface area contributed by atoms with E-state index in [-0.39, 0.29) is 22.5 Å². The topological polar surface area (TPSA) is 209 Å². The lowest BCUT2D eigenvalue weighted by Gasteiger charge is -2.45. The van der Waals surface area contributed by atoms with Crippen molar-refractivity contribution >= 4 is 11.0 Å². The minimum Gasteiger partial charge on any atom is -0.507 e. The highest BCUT2D eigenvalue weighted by molar-refractivity contribution is 5.86. The predicted molar refractivity (Wildman–Crippen MR) is 135 cm³/mol. The minimum absolute atomic E-state index is 0.00887. The normalized spacial score (nSPS) is 34.6. The van der Waals surface area contributed by atoms with Gasteiger partial charge >= 0.3 is 0 Å². The van der Waals surface area contributed by atoms with Crippen LogP contribution < -0.4 is 10.2 Å². The van der Waals surface area contributed by atoms with Gasteiger partial charge in [-0.05, 0) is 6.92 Å². The summed E-state index contributed by atoms with van der Waals surface area (Å²) in [5, 5.41) is 72.1. The van der Waals surface area contributed by atoms with E-state index in [1.54, 1.807) is 30.3 Å². The molecule has 10 atom stereocenters. The first-order valence-corrected chi connectivity index (χ1v) is 12.6. The van der Waals surface area contributed by atoms with Gasteiger partial charge in [-0.3, -0.25) is 4.79 Å². The van der Waals surface area contributed by atoms with Crippen molar-refractivity contribution in [1.29, 1.82) is 0 Å². The van der Waals surface area contributed by atoms with Crippen molar-refractivity contribution in [3.05, 3.63) is 58.8 Å². The molecule has 0 aliphatic carbocycles. The van der Waals surface area contributed by atoms with Crippen LogP contribution in [0.2, 0.25) is 0 Å². The molecular formula is C27H30O13. The number of hydrogen-bond donors (Lipinski definition) is 7. The molecule has 1 aromatic heterocycles. The third-order valence-electron chi connectivity index (χ3n) is 7.01. The Labute approximate surface area is 227 Å². The summed E-state index contributed by atoms with van der Waals surface area (Å²) in [5.74, 6) is -0.286. The van der Waals surface area contributed by atoms with Gasteiger partial charge in [0.1, 0.15) is 71.0 Å². The van der Waals surface area contributed by atoms with Gasteiger partial charge < -0.3 is 59.1 Å². The Kier molecular flexibility index (Phi) is 8.10. The fourth-order valence-electron chi connectivity index (χ4n) is 4.79. The largest absolute Gasteiger partial charge is 0.507 e. The molecule has 7 N–H and O–H groups in total. The fourth-order valence-corrected chi connectivity index (χ4v) is 4.79. The molecular weight excluding hydrogens is 532 g/mol. The second-order valence-corrected chi connectivity index (χ2v) is 9.76. The van der Waals surface area contributed by atoms with E-state index in [9.17, 15) is 40.5 Å². The molecule has 13 nitrogen and oxygen atoms in total. The van der Waals surface area contributed by atoms with Crippen LogP contribution in [-0.4, -0.2) is 104 Å². The number of benzene rings is 2. The maximum Gasteiger partial charge on any atom is 0.229 e. The summed E-state index contributed by atoms with van der Waals surface area (Å²) in [6, 6.07) is 12.5. The standard InChI is InChI=1S/C27H30O13/c1-11-20(31)21(32)23(34)26(36-11)40-25-18(10-28)39-27(24(35)22(25)33)37-13-7-14(29)19-15(30)9-16(38-17(19)8-13)12-5-3-2-4-6-12/h2-9,11,18,20-29,31-35H,10H2,1H3/t11-,18-,20+,21-,22-,23-,24-,25-,26?,27?/m1/s1. The highest BCUT2D eigenvalue weighted by Crippen LogP contribution is 2.34. The van der Waals surface area contributed by atoms with E-state index in [0.29, 0.717) is 5.56 Å². The third kappa shape index (κ3) is 5.31. The predicted octanol–water partition coefficient (Wildman–Crippen LogP) is -0.804. The number of phenols is 1. The van der Waals surface area contributed by atoms with E-state index in [1.165, 1.54) is 19.1 Å². The van der Waals surface area contributed by atoms with E-state index >= 15 is 0 Å². The molecule has 0 radical (unpaired) electrons. The Morgan fingerprint density at radius 1 is 0.850 bits per heavy atom. The van der Waals surface area contributed by atoms with E-state index in [0.717, 1.165) is 6.07 Å². The molecule has 216 valence electrons. The van der Waals surface area contributed by atoms with Crippen molar-refractivity contribution in [2.24, 2.45) is 0 Å². The van der Waals surface area contributed by atoms with Crippen molar-refractivity contribution in [2.75, 3.05) is 6.61 Å². The van der Waals surface area contributed by atoms with Crippen LogP contribution >= 0.6 is 0 Å². The SMILES string of the molecule is C[C@H]1OC(O[C@H]2[C@H](O)[C@@H](O)C(Oc3cc(O)c4c(=O)cc(-c5ccccc5)oc4c3)O[C@@H]2CO)[C@H](O)[C@H](O)[C@H]1O. The highest BCUT2D eigenvalue weighted by atomic mass is 16.7. The van der Waals surface area contributed by atoms with Gasteiger partial charge in [0.15, 0.2) is 11.7 Å². The minimum atomic E-state index is -1.76. The molecule has 3 aromatic rings. The van der Waals surface area contributed by atoms with Crippen LogP contribution in [0, 0.1) is 0 Å². The van der Waals surface area contributed by atoms with Gasteiger partial charge in [-0.25, -0.2) is 0 Å². The molecule has 2 aliphatic heterocycles. The van der Waals surface area contributed by atoms with E-state index in [1.807, 2.05) is 0 Å². The lowest BCUT2D eigenvalue weighted by atomic mass is 9.97. The van der Waals surface area contributed by atoms with Crippen LogP contribution in [0.3, 0.4) is 0 Å². The second-order valence-electron chi connectivity index (χ2n) is 9.76. The van der Waals surface area contributed by atoms with Crippen molar-refractivity contribution < 1.29 is 59.1 Å². The number of rotatable bonds is 6. The van der Waals surface area contributed by atoms with Crippen LogP contribution in [0.25, 0.3) is 22.3 Å².